The van der Waals surface area contributed by atoms with Gasteiger partial charge in [-0.3, -0.25) is 19.0 Å². The summed E-state index contributed by atoms with van der Waals surface area (Å²) in [5.74, 6) is 0.314. The van der Waals surface area contributed by atoms with Crippen molar-refractivity contribution in [1.29, 1.82) is 0 Å². The van der Waals surface area contributed by atoms with E-state index in [-0.39, 0.29) is 29.0 Å². The van der Waals surface area contributed by atoms with Gasteiger partial charge in [0.1, 0.15) is 0 Å². The van der Waals surface area contributed by atoms with Crippen LogP contribution in [0.1, 0.15) is 32.3 Å². The van der Waals surface area contributed by atoms with Crippen molar-refractivity contribution in [3.63, 3.8) is 0 Å². The van der Waals surface area contributed by atoms with Crippen LogP contribution in [0, 0.1) is 0 Å². The predicted molar refractivity (Wildman–Crippen MR) is 136 cm³/mol. The van der Waals surface area contributed by atoms with Gasteiger partial charge in [0.05, 0.1) is 22.3 Å². The number of amides is 2. The van der Waals surface area contributed by atoms with Crippen LogP contribution in [0.3, 0.4) is 0 Å². The van der Waals surface area contributed by atoms with E-state index in [2.05, 4.69) is 13.8 Å². The van der Waals surface area contributed by atoms with Gasteiger partial charge in [-0.15, -0.1) is 0 Å². The second kappa shape index (κ2) is 10.2. The molecule has 1 saturated heterocycles. The maximum Gasteiger partial charge on any atom is 0.266 e. The minimum absolute atomic E-state index is 0.0216. The SMILES string of the molecule is CC(=O)N1CCN(C(=O)CSc2nc3cc(Cl)ccc3c(=O)n2-c2ccccc2C(C)C)CC1. The number of para-hydroxylation sites is 1. The molecule has 0 aliphatic carbocycles. The van der Waals surface area contributed by atoms with Crippen molar-refractivity contribution in [1.82, 2.24) is 19.4 Å². The summed E-state index contributed by atoms with van der Waals surface area (Å²) in [6.45, 7) is 7.77. The molecule has 2 heterocycles. The lowest BCUT2D eigenvalue weighted by molar-refractivity contribution is -0.136. The molecule has 178 valence electrons. The molecule has 1 aromatic heterocycles. The third-order valence-corrected chi connectivity index (χ3v) is 7.16. The van der Waals surface area contributed by atoms with Gasteiger partial charge in [0.2, 0.25) is 11.8 Å². The highest BCUT2D eigenvalue weighted by atomic mass is 35.5. The lowest BCUT2D eigenvalue weighted by Crippen LogP contribution is -2.50. The first-order valence-electron chi connectivity index (χ1n) is 11.2. The standard InChI is InChI=1S/C25H27ClN4O3S/c1-16(2)19-6-4-5-7-22(19)30-24(33)20-9-8-18(26)14-21(20)27-25(30)34-15-23(32)29-12-10-28(11-13-29)17(3)31/h4-9,14,16H,10-13,15H2,1-3H3. The Hall–Kier alpha value is -2.84. The summed E-state index contributed by atoms with van der Waals surface area (Å²) in [7, 11) is 0. The van der Waals surface area contributed by atoms with E-state index in [1.807, 2.05) is 24.3 Å². The summed E-state index contributed by atoms with van der Waals surface area (Å²) in [6.07, 6.45) is 0. The van der Waals surface area contributed by atoms with Gasteiger partial charge in [-0.2, -0.15) is 0 Å². The van der Waals surface area contributed by atoms with Crippen LogP contribution in [0.5, 0.6) is 0 Å². The van der Waals surface area contributed by atoms with Crippen LogP contribution in [-0.2, 0) is 9.59 Å². The number of carbonyl (C=O) groups is 2. The second-order valence-electron chi connectivity index (χ2n) is 8.59. The number of hydrogen-bond acceptors (Lipinski definition) is 5. The largest absolute Gasteiger partial charge is 0.339 e. The van der Waals surface area contributed by atoms with E-state index in [4.69, 9.17) is 16.6 Å². The molecule has 0 saturated carbocycles. The molecule has 7 nitrogen and oxygen atoms in total. The third-order valence-electron chi connectivity index (χ3n) is 6.00. The van der Waals surface area contributed by atoms with Crippen molar-refractivity contribution >= 4 is 46.1 Å². The summed E-state index contributed by atoms with van der Waals surface area (Å²) in [6, 6.07) is 12.8. The number of rotatable bonds is 5. The Morgan fingerprint density at radius 2 is 1.74 bits per heavy atom. The van der Waals surface area contributed by atoms with E-state index in [1.54, 1.807) is 39.5 Å². The average Bonchev–Trinajstić information content (AvgIpc) is 2.82. The molecule has 0 unspecified atom stereocenters. The van der Waals surface area contributed by atoms with Crippen molar-refractivity contribution in [2.75, 3.05) is 31.9 Å². The summed E-state index contributed by atoms with van der Waals surface area (Å²) in [5, 5.41) is 1.41. The quantitative estimate of drug-likeness (QED) is 0.393. The third kappa shape index (κ3) is 4.98. The molecule has 9 heteroatoms. The topological polar surface area (TPSA) is 75.5 Å². The molecular formula is C25H27ClN4O3S. The Kier molecular flexibility index (Phi) is 7.28. The number of piperazine rings is 1. The molecule has 34 heavy (non-hydrogen) atoms. The van der Waals surface area contributed by atoms with Crippen LogP contribution < -0.4 is 5.56 Å². The minimum atomic E-state index is -0.195. The van der Waals surface area contributed by atoms with Crippen LogP contribution in [0.25, 0.3) is 16.6 Å². The molecule has 0 spiro atoms. The second-order valence-corrected chi connectivity index (χ2v) is 9.96. The molecule has 0 bridgehead atoms. The Morgan fingerprint density at radius 1 is 1.06 bits per heavy atom. The first-order chi connectivity index (χ1) is 16.3. The van der Waals surface area contributed by atoms with E-state index in [1.165, 1.54) is 11.8 Å². The molecule has 0 atom stereocenters. The Bertz CT molecular complexity index is 1300. The molecule has 0 N–H and O–H groups in total. The molecule has 1 aliphatic rings. The summed E-state index contributed by atoms with van der Waals surface area (Å²) >= 11 is 7.41. The van der Waals surface area contributed by atoms with Crippen LogP contribution in [0.15, 0.2) is 52.4 Å². The fraction of sp³-hybridized carbons (Fsp3) is 0.360. The molecule has 1 fully saturated rings. The monoisotopic (exact) mass is 498 g/mol. The molecular weight excluding hydrogens is 472 g/mol. The normalized spacial score (nSPS) is 14.1. The first-order valence-corrected chi connectivity index (χ1v) is 12.6. The number of nitrogens with zero attached hydrogens (tertiary/aromatic N) is 4. The van der Waals surface area contributed by atoms with Crippen molar-refractivity contribution < 1.29 is 9.59 Å². The zero-order valence-electron chi connectivity index (χ0n) is 19.5. The van der Waals surface area contributed by atoms with Crippen molar-refractivity contribution in [2.45, 2.75) is 31.8 Å². The fourth-order valence-corrected chi connectivity index (χ4v) is 5.19. The Labute approximate surface area is 207 Å². The molecule has 4 rings (SSSR count). The molecule has 2 aromatic carbocycles. The predicted octanol–water partition coefficient (Wildman–Crippen LogP) is 3.95. The van der Waals surface area contributed by atoms with Gasteiger partial charge in [-0.1, -0.05) is 55.4 Å². The maximum atomic E-state index is 13.6. The number of aromatic nitrogens is 2. The van der Waals surface area contributed by atoms with E-state index >= 15 is 0 Å². The van der Waals surface area contributed by atoms with Gasteiger partial charge < -0.3 is 9.80 Å². The lowest BCUT2D eigenvalue weighted by atomic mass is 10.0. The number of thioether (sulfide) groups is 1. The van der Waals surface area contributed by atoms with E-state index in [0.29, 0.717) is 47.3 Å². The molecule has 2 amide bonds. The van der Waals surface area contributed by atoms with Gasteiger partial charge in [0, 0.05) is 38.1 Å². The van der Waals surface area contributed by atoms with Crippen molar-refractivity contribution in [3.05, 3.63) is 63.4 Å². The molecule has 0 radical (unpaired) electrons. The van der Waals surface area contributed by atoms with Crippen LogP contribution in [0.4, 0.5) is 0 Å². The minimum Gasteiger partial charge on any atom is -0.339 e. The zero-order chi connectivity index (χ0) is 24.4. The maximum absolute atomic E-state index is 13.6. The van der Waals surface area contributed by atoms with E-state index in [9.17, 15) is 14.4 Å². The van der Waals surface area contributed by atoms with Gasteiger partial charge in [0.25, 0.3) is 5.56 Å². The van der Waals surface area contributed by atoms with E-state index < -0.39 is 0 Å². The molecule has 3 aromatic rings. The van der Waals surface area contributed by atoms with Gasteiger partial charge >= 0.3 is 0 Å². The smallest absolute Gasteiger partial charge is 0.266 e. The Morgan fingerprint density at radius 3 is 2.41 bits per heavy atom. The average molecular weight is 499 g/mol. The number of halogens is 1. The van der Waals surface area contributed by atoms with Crippen LogP contribution >= 0.6 is 23.4 Å². The summed E-state index contributed by atoms with van der Waals surface area (Å²) in [5.41, 5.74) is 2.09. The lowest BCUT2D eigenvalue weighted by Gasteiger charge is -2.34. The van der Waals surface area contributed by atoms with Gasteiger partial charge in [-0.25, -0.2) is 4.98 Å². The zero-order valence-corrected chi connectivity index (χ0v) is 21.0. The highest BCUT2D eigenvalue weighted by Crippen LogP contribution is 2.28. The number of hydrogen-bond donors (Lipinski definition) is 0. The highest BCUT2D eigenvalue weighted by Gasteiger charge is 2.24. The van der Waals surface area contributed by atoms with Gasteiger partial charge in [0.15, 0.2) is 5.16 Å². The first kappa shape index (κ1) is 24.3. The van der Waals surface area contributed by atoms with Gasteiger partial charge in [-0.05, 0) is 35.7 Å². The fourth-order valence-electron chi connectivity index (χ4n) is 4.12. The summed E-state index contributed by atoms with van der Waals surface area (Å²) < 4.78 is 1.61. The molecule has 1 aliphatic heterocycles. The number of fused-ring (bicyclic) bond motifs is 1. The Balaban J connectivity index is 1.69. The van der Waals surface area contributed by atoms with Crippen LogP contribution in [0.2, 0.25) is 5.02 Å². The van der Waals surface area contributed by atoms with Crippen molar-refractivity contribution in [3.8, 4) is 5.69 Å². The van der Waals surface area contributed by atoms with E-state index in [0.717, 1.165) is 11.3 Å². The number of carbonyl (C=O) groups excluding carboxylic acids is 2. The number of benzene rings is 2. The van der Waals surface area contributed by atoms with Crippen LogP contribution in [-0.4, -0.2) is 63.1 Å². The van der Waals surface area contributed by atoms with Crippen molar-refractivity contribution in [2.24, 2.45) is 0 Å². The summed E-state index contributed by atoms with van der Waals surface area (Å²) in [4.78, 5) is 46.4. The highest BCUT2D eigenvalue weighted by molar-refractivity contribution is 7.99.